The van der Waals surface area contributed by atoms with Gasteiger partial charge in [-0.15, -0.1) is 12.3 Å². The van der Waals surface area contributed by atoms with Crippen LogP contribution in [0.1, 0.15) is 12.8 Å². The van der Waals surface area contributed by atoms with Crippen LogP contribution in [0.15, 0.2) is 30.3 Å². The minimum absolute atomic E-state index is 0.151. The van der Waals surface area contributed by atoms with E-state index in [1.54, 1.807) is 24.3 Å². The standard InChI is InChI=1S/C12H12N2O2/c1-2-3-9-11(15)14-12(16)13-10-7-5-4-6-8-10/h1,4-8H,3,9H2,(H2,13,14,15,16). The highest BCUT2D eigenvalue weighted by atomic mass is 16.2. The zero-order chi connectivity index (χ0) is 11.8. The largest absolute Gasteiger partial charge is 0.325 e. The highest BCUT2D eigenvalue weighted by Crippen LogP contribution is 2.04. The number of carbonyl (C=O) groups excluding carboxylic acids is 2. The fourth-order valence-corrected chi connectivity index (χ4v) is 1.06. The van der Waals surface area contributed by atoms with Crippen LogP contribution in [-0.4, -0.2) is 11.9 Å². The Kier molecular flexibility index (Phi) is 4.61. The molecule has 0 spiro atoms. The summed E-state index contributed by atoms with van der Waals surface area (Å²) in [4.78, 5) is 22.4. The van der Waals surface area contributed by atoms with Gasteiger partial charge in [0.15, 0.2) is 0 Å². The van der Waals surface area contributed by atoms with E-state index in [0.29, 0.717) is 12.1 Å². The highest BCUT2D eigenvalue weighted by Gasteiger charge is 2.06. The Balaban J connectivity index is 2.37. The number of hydrogen-bond donors (Lipinski definition) is 2. The molecule has 1 aromatic carbocycles. The number of para-hydroxylation sites is 1. The van der Waals surface area contributed by atoms with Crippen LogP contribution in [-0.2, 0) is 4.79 Å². The van der Waals surface area contributed by atoms with E-state index in [9.17, 15) is 9.59 Å². The van der Waals surface area contributed by atoms with Crippen molar-refractivity contribution in [3.8, 4) is 12.3 Å². The lowest BCUT2D eigenvalue weighted by atomic mass is 10.3. The van der Waals surface area contributed by atoms with Gasteiger partial charge in [-0.3, -0.25) is 10.1 Å². The zero-order valence-corrected chi connectivity index (χ0v) is 8.69. The molecule has 3 amide bonds. The molecule has 0 aromatic heterocycles. The molecule has 0 saturated heterocycles. The predicted octanol–water partition coefficient (Wildman–Crippen LogP) is 1.75. The summed E-state index contributed by atoms with van der Waals surface area (Å²) in [6, 6.07) is 8.32. The molecule has 0 atom stereocenters. The lowest BCUT2D eigenvalue weighted by Crippen LogP contribution is -2.34. The molecule has 0 aliphatic rings. The van der Waals surface area contributed by atoms with Crippen LogP contribution in [0.3, 0.4) is 0 Å². The molecule has 0 bridgehead atoms. The van der Waals surface area contributed by atoms with Gasteiger partial charge in [-0.2, -0.15) is 0 Å². The first kappa shape index (κ1) is 11.8. The molecule has 0 heterocycles. The van der Waals surface area contributed by atoms with E-state index in [2.05, 4.69) is 16.6 Å². The lowest BCUT2D eigenvalue weighted by molar-refractivity contribution is -0.119. The van der Waals surface area contributed by atoms with Crippen molar-refractivity contribution in [3.05, 3.63) is 30.3 Å². The number of imide groups is 1. The number of benzene rings is 1. The third-order valence-electron chi connectivity index (χ3n) is 1.78. The molecule has 0 radical (unpaired) electrons. The fraction of sp³-hybridized carbons (Fsp3) is 0.167. The summed E-state index contributed by atoms with van der Waals surface area (Å²) in [5.74, 6) is 1.95. The lowest BCUT2D eigenvalue weighted by Gasteiger charge is -2.05. The quantitative estimate of drug-likeness (QED) is 0.756. The zero-order valence-electron chi connectivity index (χ0n) is 8.69. The Bertz CT molecular complexity index is 407. The van der Waals surface area contributed by atoms with Gasteiger partial charge in [-0.1, -0.05) is 18.2 Å². The van der Waals surface area contributed by atoms with Gasteiger partial charge in [0.05, 0.1) is 0 Å². The van der Waals surface area contributed by atoms with Gasteiger partial charge in [0.1, 0.15) is 0 Å². The van der Waals surface area contributed by atoms with E-state index in [4.69, 9.17) is 6.42 Å². The van der Waals surface area contributed by atoms with E-state index in [1.165, 1.54) is 0 Å². The summed E-state index contributed by atoms with van der Waals surface area (Å²) < 4.78 is 0. The van der Waals surface area contributed by atoms with Crippen molar-refractivity contribution in [2.24, 2.45) is 0 Å². The first-order valence-corrected chi connectivity index (χ1v) is 4.81. The first-order chi connectivity index (χ1) is 7.72. The van der Waals surface area contributed by atoms with Gasteiger partial charge in [-0.25, -0.2) is 4.79 Å². The average molecular weight is 216 g/mol. The van der Waals surface area contributed by atoms with Gasteiger partial charge >= 0.3 is 6.03 Å². The van der Waals surface area contributed by atoms with Gasteiger partial charge in [0, 0.05) is 18.5 Å². The molecule has 0 unspecified atom stereocenters. The van der Waals surface area contributed by atoms with Crippen molar-refractivity contribution in [1.82, 2.24) is 5.32 Å². The first-order valence-electron chi connectivity index (χ1n) is 4.81. The molecule has 0 aliphatic heterocycles. The molecule has 1 aromatic rings. The molecule has 1 rings (SSSR count). The molecule has 0 aliphatic carbocycles. The summed E-state index contributed by atoms with van der Waals surface area (Å²) >= 11 is 0. The molecule has 4 heteroatoms. The van der Waals surface area contributed by atoms with Crippen LogP contribution in [0, 0.1) is 12.3 Å². The van der Waals surface area contributed by atoms with Crippen molar-refractivity contribution in [3.63, 3.8) is 0 Å². The maximum atomic E-state index is 11.3. The third kappa shape index (κ3) is 4.29. The van der Waals surface area contributed by atoms with Crippen LogP contribution in [0.4, 0.5) is 10.5 Å². The Morgan fingerprint density at radius 3 is 2.56 bits per heavy atom. The Hall–Kier alpha value is -2.28. The Labute approximate surface area is 94.0 Å². The van der Waals surface area contributed by atoms with Crippen molar-refractivity contribution < 1.29 is 9.59 Å². The van der Waals surface area contributed by atoms with Gasteiger partial charge in [-0.05, 0) is 12.1 Å². The molecule has 16 heavy (non-hydrogen) atoms. The fourth-order valence-electron chi connectivity index (χ4n) is 1.06. The average Bonchev–Trinajstić information content (AvgIpc) is 2.27. The molecule has 2 N–H and O–H groups in total. The highest BCUT2D eigenvalue weighted by molar-refractivity contribution is 6.01. The number of urea groups is 1. The minimum atomic E-state index is -0.548. The number of hydrogen-bond acceptors (Lipinski definition) is 2. The number of carbonyl (C=O) groups is 2. The topological polar surface area (TPSA) is 58.2 Å². The van der Waals surface area contributed by atoms with E-state index in [0.717, 1.165) is 0 Å². The SMILES string of the molecule is C#CCCC(=O)NC(=O)Nc1ccccc1. The number of terminal acetylenes is 1. The molecule has 0 fully saturated rings. The van der Waals surface area contributed by atoms with Gasteiger partial charge in [0.2, 0.25) is 5.91 Å². The van der Waals surface area contributed by atoms with E-state index in [1.807, 2.05) is 6.07 Å². The van der Waals surface area contributed by atoms with Crippen LogP contribution in [0.5, 0.6) is 0 Å². The van der Waals surface area contributed by atoms with Crippen LogP contribution < -0.4 is 10.6 Å². The third-order valence-corrected chi connectivity index (χ3v) is 1.78. The molecular weight excluding hydrogens is 204 g/mol. The van der Waals surface area contributed by atoms with E-state index in [-0.39, 0.29) is 12.3 Å². The van der Waals surface area contributed by atoms with Crippen molar-refractivity contribution in [2.45, 2.75) is 12.8 Å². The predicted molar refractivity (Wildman–Crippen MR) is 61.7 cm³/mol. The summed E-state index contributed by atoms with van der Waals surface area (Å²) in [5, 5.41) is 4.71. The van der Waals surface area contributed by atoms with E-state index >= 15 is 0 Å². The molecule has 82 valence electrons. The van der Waals surface area contributed by atoms with E-state index < -0.39 is 6.03 Å². The Morgan fingerprint density at radius 1 is 1.25 bits per heavy atom. The Morgan fingerprint density at radius 2 is 1.94 bits per heavy atom. The number of nitrogens with one attached hydrogen (secondary N) is 2. The normalized spacial score (nSPS) is 8.94. The minimum Gasteiger partial charge on any atom is -0.308 e. The second-order valence-electron chi connectivity index (χ2n) is 3.07. The van der Waals surface area contributed by atoms with Crippen molar-refractivity contribution in [2.75, 3.05) is 5.32 Å². The smallest absolute Gasteiger partial charge is 0.308 e. The number of anilines is 1. The second-order valence-corrected chi connectivity index (χ2v) is 3.07. The number of rotatable bonds is 3. The van der Waals surface area contributed by atoms with Crippen LogP contribution in [0.25, 0.3) is 0 Å². The van der Waals surface area contributed by atoms with Gasteiger partial charge in [0.25, 0.3) is 0 Å². The summed E-state index contributed by atoms with van der Waals surface area (Å²) in [7, 11) is 0. The summed E-state index contributed by atoms with van der Waals surface area (Å²) in [6.07, 6.45) is 5.48. The number of amides is 3. The maximum absolute atomic E-state index is 11.3. The maximum Gasteiger partial charge on any atom is 0.325 e. The van der Waals surface area contributed by atoms with Crippen LogP contribution in [0.2, 0.25) is 0 Å². The summed E-state index contributed by atoms with van der Waals surface area (Å²) in [5.41, 5.74) is 0.629. The molecular formula is C12H12N2O2. The van der Waals surface area contributed by atoms with Crippen molar-refractivity contribution in [1.29, 1.82) is 0 Å². The monoisotopic (exact) mass is 216 g/mol. The molecule has 4 nitrogen and oxygen atoms in total. The van der Waals surface area contributed by atoms with Crippen LogP contribution >= 0.6 is 0 Å². The molecule has 0 saturated carbocycles. The van der Waals surface area contributed by atoms with Gasteiger partial charge < -0.3 is 5.32 Å². The van der Waals surface area contributed by atoms with Crippen molar-refractivity contribution >= 4 is 17.6 Å². The summed E-state index contributed by atoms with van der Waals surface area (Å²) in [6.45, 7) is 0. The second kappa shape index (κ2) is 6.25.